The predicted octanol–water partition coefficient (Wildman–Crippen LogP) is 12.1. The molecule has 89 heavy (non-hydrogen) atoms. The zero-order chi connectivity index (χ0) is 63.3. The van der Waals surface area contributed by atoms with Crippen molar-refractivity contribution in [1.82, 2.24) is 29.9 Å². The Labute approximate surface area is 516 Å². The molecule has 0 aliphatic carbocycles. The summed E-state index contributed by atoms with van der Waals surface area (Å²) >= 11 is 6.25. The number of hydrogen-bond donors (Lipinski definition) is 2. The summed E-state index contributed by atoms with van der Waals surface area (Å²) in [6.07, 6.45) is 9.09. The van der Waals surface area contributed by atoms with Gasteiger partial charge >= 0.3 is 0 Å². The Morgan fingerprint density at radius 2 is 1.00 bits per heavy atom. The molecule has 2 aliphatic rings. The zero-order valence-corrected chi connectivity index (χ0v) is 51.4. The van der Waals surface area contributed by atoms with Crippen LogP contribution in [0.15, 0.2) is 144 Å². The number of hydrogen-bond acceptors (Lipinski definition) is 18. The highest BCUT2D eigenvalue weighted by Crippen LogP contribution is 2.42. The molecule has 0 saturated carbocycles. The lowest BCUT2D eigenvalue weighted by Gasteiger charge is -2.28. The second-order valence-electron chi connectivity index (χ2n) is 20.7. The van der Waals surface area contributed by atoms with Gasteiger partial charge in [-0.25, -0.2) is 64.3 Å². The molecule has 0 bridgehead atoms. The Hall–Kier alpha value is -9.07. The predicted molar refractivity (Wildman–Crippen MR) is 337 cm³/mol. The molecule has 10 aromatic rings. The van der Waals surface area contributed by atoms with E-state index in [-0.39, 0.29) is 48.0 Å². The van der Waals surface area contributed by atoms with Crippen LogP contribution >= 0.6 is 11.6 Å². The van der Waals surface area contributed by atoms with Crippen LogP contribution < -0.4 is 30.3 Å². The van der Waals surface area contributed by atoms with Crippen molar-refractivity contribution in [2.24, 2.45) is 0 Å². The van der Waals surface area contributed by atoms with Crippen molar-refractivity contribution in [3.8, 4) is 56.5 Å². The van der Waals surface area contributed by atoms with E-state index in [2.05, 4.69) is 40.0 Å². The summed E-state index contributed by atoms with van der Waals surface area (Å²) in [5.74, 6) is -0.611. The van der Waals surface area contributed by atoms with E-state index in [9.17, 15) is 30.0 Å². The summed E-state index contributed by atoms with van der Waals surface area (Å²) in [6, 6.07) is 27.5. The average Bonchev–Trinajstić information content (AvgIpc) is 1.70. The van der Waals surface area contributed by atoms with Crippen LogP contribution in [-0.2, 0) is 29.1 Å². The van der Waals surface area contributed by atoms with Crippen LogP contribution in [0.4, 0.5) is 46.3 Å². The number of rotatable bonds is 12. The molecule has 4 aromatic carbocycles. The number of fused-ring (bicyclic) bond motifs is 2. The third kappa shape index (κ3) is 14.0. The molecule has 0 atom stereocenters. The molecule has 2 aliphatic heterocycles. The van der Waals surface area contributed by atoms with Gasteiger partial charge in [0, 0.05) is 151 Å². The van der Waals surface area contributed by atoms with Crippen molar-refractivity contribution in [2.45, 2.75) is 23.6 Å². The Bertz CT molecular complexity index is 4530. The Balaban J connectivity index is 0.000000163. The van der Waals surface area contributed by atoms with Crippen LogP contribution in [0.3, 0.4) is 0 Å². The van der Waals surface area contributed by atoms with Crippen LogP contribution in [0.1, 0.15) is 11.1 Å². The van der Waals surface area contributed by atoms with Gasteiger partial charge in [-0.1, -0.05) is 48.0 Å². The SMILES string of the molecule is COc1ccc(-c2cnc(N3CCOCC3)cc2N)cn1.COc1ccc(-c2cnc(N3CCOCC3)cc2Nc2c(C)c(-c3ccccc3S(C)(=O)=O)nc3cc(F)cc(F)c23)cn1.Cc1c(-c2ccccc2S(C)(=O)=O)nc2cc(F)cc(F)c2c1Cl. The molecule has 25 heteroatoms. The number of anilines is 5. The summed E-state index contributed by atoms with van der Waals surface area (Å²) in [6.45, 7) is 8.89. The summed E-state index contributed by atoms with van der Waals surface area (Å²) in [7, 11) is -4.05. The topological polar surface area (TPSA) is 227 Å². The van der Waals surface area contributed by atoms with Crippen LogP contribution in [0, 0.1) is 37.1 Å². The van der Waals surface area contributed by atoms with Gasteiger partial charge in [-0.15, -0.1) is 0 Å². The summed E-state index contributed by atoms with van der Waals surface area (Å²) in [4.78, 5) is 31.0. The van der Waals surface area contributed by atoms with Crippen molar-refractivity contribution in [2.75, 3.05) is 100 Å². The van der Waals surface area contributed by atoms with Gasteiger partial charge in [-0.2, -0.15) is 0 Å². The first-order valence-electron chi connectivity index (χ1n) is 27.6. The van der Waals surface area contributed by atoms with Gasteiger partial charge in [-0.3, -0.25) is 0 Å². The van der Waals surface area contributed by atoms with Gasteiger partial charge in [0.15, 0.2) is 19.7 Å². The normalized spacial score (nSPS) is 13.5. The van der Waals surface area contributed by atoms with Crippen LogP contribution in [0.5, 0.6) is 11.8 Å². The second-order valence-corrected chi connectivity index (χ2v) is 25.0. The van der Waals surface area contributed by atoms with E-state index in [1.54, 1.807) is 88.2 Å². The molecule has 0 unspecified atom stereocenters. The Kier molecular flexibility index (Phi) is 18.9. The number of nitrogen functional groups attached to an aromatic ring is 1. The van der Waals surface area contributed by atoms with Crippen molar-refractivity contribution >= 4 is 81.8 Å². The van der Waals surface area contributed by atoms with Gasteiger partial charge in [-0.05, 0) is 49.2 Å². The van der Waals surface area contributed by atoms with Gasteiger partial charge in [0.25, 0.3) is 0 Å². The van der Waals surface area contributed by atoms with Crippen LogP contribution in [-0.4, -0.2) is 126 Å². The lowest BCUT2D eigenvalue weighted by molar-refractivity contribution is 0.122. The lowest BCUT2D eigenvalue weighted by Crippen LogP contribution is -2.36. The lowest BCUT2D eigenvalue weighted by atomic mass is 10.00. The van der Waals surface area contributed by atoms with E-state index in [1.807, 2.05) is 30.3 Å². The number of benzene rings is 4. The maximum atomic E-state index is 15.6. The number of nitrogens with zero attached hydrogens (tertiary/aromatic N) is 8. The molecule has 460 valence electrons. The van der Waals surface area contributed by atoms with Gasteiger partial charge in [0.2, 0.25) is 11.8 Å². The van der Waals surface area contributed by atoms with E-state index in [0.29, 0.717) is 88.8 Å². The number of ether oxygens (including phenoxy) is 4. The summed E-state index contributed by atoms with van der Waals surface area (Å²) < 4.78 is 128. The van der Waals surface area contributed by atoms with Crippen molar-refractivity contribution in [1.29, 1.82) is 0 Å². The molecule has 2 saturated heterocycles. The molecule has 3 N–H and O–H groups in total. The first kappa shape index (κ1) is 63.0. The number of methoxy groups -OCH3 is 2. The number of nitrogens with two attached hydrogens (primary N) is 1. The molecular weight excluding hydrogens is 1210 g/mol. The fraction of sp³-hybridized carbons (Fsp3) is 0.219. The quantitative estimate of drug-likeness (QED) is 0.108. The van der Waals surface area contributed by atoms with E-state index in [0.717, 1.165) is 85.6 Å². The third-order valence-corrected chi connectivity index (χ3v) is 17.5. The number of halogens is 5. The van der Waals surface area contributed by atoms with E-state index in [4.69, 9.17) is 41.3 Å². The second kappa shape index (κ2) is 26.7. The minimum atomic E-state index is -3.66. The number of nitrogens with one attached hydrogen (secondary N) is 1. The van der Waals surface area contributed by atoms with Gasteiger partial charge in [0.05, 0.1) is 100 Å². The number of pyridine rings is 6. The Morgan fingerprint density at radius 1 is 0.551 bits per heavy atom. The summed E-state index contributed by atoms with van der Waals surface area (Å²) in [5.41, 5.74) is 13.1. The van der Waals surface area contributed by atoms with Crippen LogP contribution in [0.2, 0.25) is 5.02 Å². The highest BCUT2D eigenvalue weighted by molar-refractivity contribution is 7.91. The molecular formula is C64H59ClF4N10O8S2. The fourth-order valence-electron chi connectivity index (χ4n) is 10.3. The smallest absolute Gasteiger partial charge is 0.212 e. The van der Waals surface area contributed by atoms with Crippen molar-refractivity contribution in [3.63, 3.8) is 0 Å². The Morgan fingerprint density at radius 3 is 1.47 bits per heavy atom. The minimum absolute atomic E-state index is 0.0103. The van der Waals surface area contributed by atoms with Gasteiger partial charge in [0.1, 0.15) is 34.9 Å². The molecule has 6 aromatic heterocycles. The van der Waals surface area contributed by atoms with E-state index >= 15 is 4.39 Å². The van der Waals surface area contributed by atoms with Crippen molar-refractivity contribution in [3.05, 3.63) is 173 Å². The average molecular weight is 1270 g/mol. The molecule has 0 amide bonds. The highest BCUT2D eigenvalue weighted by Gasteiger charge is 2.26. The molecule has 12 rings (SSSR count). The fourth-order valence-corrected chi connectivity index (χ4v) is 12.3. The van der Waals surface area contributed by atoms with Crippen LogP contribution in [0.25, 0.3) is 66.6 Å². The molecule has 0 radical (unpaired) electrons. The summed E-state index contributed by atoms with van der Waals surface area (Å²) in [5, 5.41) is 3.56. The maximum absolute atomic E-state index is 15.6. The van der Waals surface area contributed by atoms with E-state index in [1.165, 1.54) is 19.2 Å². The zero-order valence-electron chi connectivity index (χ0n) is 49.0. The molecule has 8 heterocycles. The number of aromatic nitrogens is 6. The first-order chi connectivity index (χ1) is 42.6. The molecule has 18 nitrogen and oxygen atoms in total. The maximum Gasteiger partial charge on any atom is 0.212 e. The number of sulfone groups is 2. The molecule has 0 spiro atoms. The van der Waals surface area contributed by atoms with E-state index < -0.39 is 42.9 Å². The third-order valence-electron chi connectivity index (χ3n) is 14.8. The minimum Gasteiger partial charge on any atom is -0.481 e. The van der Waals surface area contributed by atoms with Gasteiger partial charge < -0.3 is 39.8 Å². The highest BCUT2D eigenvalue weighted by atomic mass is 35.5. The first-order valence-corrected chi connectivity index (χ1v) is 31.8. The largest absolute Gasteiger partial charge is 0.481 e. The van der Waals surface area contributed by atoms with Crippen molar-refractivity contribution < 1.29 is 53.3 Å². The number of morpholine rings is 2. The standard InChI is InChI=1S/C32H29F2N5O4S.C17H12ClF2NO2S.C15H18N4O2/c1-19-31(22-6-4-5-7-27(22)44(3,40)41)38-26-15-21(33)14-24(34)30(26)32(19)37-25-16-28(39-10-12-43-13-11-39)35-18-23(25)20-8-9-29(42-2)36-17-20;1-9-16(18)15-12(20)7-10(19)8-13(15)21-17(9)11-5-3-4-6-14(11)24(2,22)23;1-20-15-3-2-11(9-18-15)12-10-17-14(8-13(12)16)19-4-6-21-7-5-19/h4-9,14-18H,10-13H2,1-3H3,(H,35,37,38);3-8H,1-2H3;2-3,8-10H,4-7H2,1H3,(H2,16,17). The molecule has 2 fully saturated rings. The monoisotopic (exact) mass is 1270 g/mol.